The Morgan fingerprint density at radius 1 is 1.36 bits per heavy atom. The van der Waals surface area contributed by atoms with E-state index in [4.69, 9.17) is 4.74 Å². The van der Waals surface area contributed by atoms with Crippen molar-refractivity contribution >= 4 is 17.6 Å². The molecule has 6 nitrogen and oxygen atoms in total. The van der Waals surface area contributed by atoms with E-state index in [1.54, 1.807) is 4.90 Å². The zero-order valence-corrected chi connectivity index (χ0v) is 15.6. The van der Waals surface area contributed by atoms with Gasteiger partial charge in [-0.25, -0.2) is 4.79 Å². The SMILES string of the molecule is CCC(=O)NC1CCCN(C(=O)Nc2ccc(OC(C)C)cc2C)C1. The van der Waals surface area contributed by atoms with Crippen molar-refractivity contribution in [2.24, 2.45) is 0 Å². The largest absolute Gasteiger partial charge is 0.491 e. The van der Waals surface area contributed by atoms with Crippen molar-refractivity contribution in [3.63, 3.8) is 0 Å². The highest BCUT2D eigenvalue weighted by molar-refractivity contribution is 5.90. The number of hydrogen-bond donors (Lipinski definition) is 2. The lowest BCUT2D eigenvalue weighted by molar-refractivity contribution is -0.121. The first-order valence-corrected chi connectivity index (χ1v) is 9.01. The molecule has 138 valence electrons. The van der Waals surface area contributed by atoms with Crippen molar-refractivity contribution in [1.29, 1.82) is 0 Å². The third-order valence-corrected chi connectivity index (χ3v) is 4.21. The average molecular weight is 347 g/mol. The zero-order valence-electron chi connectivity index (χ0n) is 15.6. The van der Waals surface area contributed by atoms with Gasteiger partial charge in [0.05, 0.1) is 6.10 Å². The number of carbonyl (C=O) groups is 2. The van der Waals surface area contributed by atoms with Crippen LogP contribution in [0.4, 0.5) is 10.5 Å². The molecule has 2 rings (SSSR count). The lowest BCUT2D eigenvalue weighted by Crippen LogP contribution is -2.50. The van der Waals surface area contributed by atoms with Gasteiger partial charge in [0.25, 0.3) is 0 Å². The Kier molecular flexibility index (Phi) is 6.67. The number of nitrogens with zero attached hydrogens (tertiary/aromatic N) is 1. The van der Waals surface area contributed by atoms with Crippen LogP contribution in [0.1, 0.15) is 45.6 Å². The van der Waals surface area contributed by atoms with Crippen molar-refractivity contribution in [3.8, 4) is 5.75 Å². The maximum absolute atomic E-state index is 12.6. The summed E-state index contributed by atoms with van der Waals surface area (Å²) in [5, 5.41) is 5.94. The van der Waals surface area contributed by atoms with E-state index in [0.29, 0.717) is 19.5 Å². The number of amides is 3. The summed E-state index contributed by atoms with van der Waals surface area (Å²) in [6.45, 7) is 8.99. The third kappa shape index (κ3) is 5.66. The molecular weight excluding hydrogens is 318 g/mol. The van der Waals surface area contributed by atoms with Crippen LogP contribution in [0.15, 0.2) is 18.2 Å². The molecule has 0 aromatic heterocycles. The molecule has 1 heterocycles. The minimum atomic E-state index is -0.129. The second-order valence-corrected chi connectivity index (χ2v) is 6.78. The highest BCUT2D eigenvalue weighted by Gasteiger charge is 2.24. The molecule has 0 aliphatic carbocycles. The summed E-state index contributed by atoms with van der Waals surface area (Å²) in [6, 6.07) is 5.57. The van der Waals surface area contributed by atoms with Gasteiger partial charge in [-0.05, 0) is 57.4 Å². The van der Waals surface area contributed by atoms with Crippen LogP contribution in [0.5, 0.6) is 5.75 Å². The van der Waals surface area contributed by atoms with Gasteiger partial charge in [-0.1, -0.05) is 6.92 Å². The molecule has 25 heavy (non-hydrogen) atoms. The maximum atomic E-state index is 12.6. The normalized spacial score (nSPS) is 17.3. The molecule has 3 amide bonds. The number of hydrogen-bond acceptors (Lipinski definition) is 3. The van der Waals surface area contributed by atoms with Gasteiger partial charge in [0, 0.05) is 31.2 Å². The average Bonchev–Trinajstić information content (AvgIpc) is 2.56. The number of benzene rings is 1. The number of rotatable bonds is 5. The number of likely N-dealkylation sites (tertiary alicyclic amines) is 1. The molecule has 6 heteroatoms. The molecule has 1 saturated heterocycles. The molecule has 0 radical (unpaired) electrons. The highest BCUT2D eigenvalue weighted by atomic mass is 16.5. The van der Waals surface area contributed by atoms with Crippen LogP contribution >= 0.6 is 0 Å². The number of anilines is 1. The Balaban J connectivity index is 1.95. The van der Waals surface area contributed by atoms with E-state index in [-0.39, 0.29) is 24.1 Å². The Morgan fingerprint density at radius 3 is 2.76 bits per heavy atom. The summed E-state index contributed by atoms with van der Waals surface area (Å²) in [5.74, 6) is 0.828. The lowest BCUT2D eigenvalue weighted by atomic mass is 10.1. The summed E-state index contributed by atoms with van der Waals surface area (Å²) >= 11 is 0. The van der Waals surface area contributed by atoms with E-state index in [9.17, 15) is 9.59 Å². The topological polar surface area (TPSA) is 70.7 Å². The Morgan fingerprint density at radius 2 is 2.12 bits per heavy atom. The second kappa shape index (κ2) is 8.74. The molecule has 1 unspecified atom stereocenters. The van der Waals surface area contributed by atoms with Crippen molar-refractivity contribution < 1.29 is 14.3 Å². The standard InChI is InChI=1S/C19H29N3O3/c1-5-18(23)20-15-7-6-10-22(12-15)19(24)21-17-9-8-16(11-14(17)4)25-13(2)3/h8-9,11,13,15H,5-7,10,12H2,1-4H3,(H,20,23)(H,21,24). The molecule has 1 aromatic carbocycles. The van der Waals surface area contributed by atoms with Gasteiger partial charge >= 0.3 is 6.03 Å². The number of ether oxygens (including phenoxy) is 1. The molecule has 1 aromatic rings. The smallest absolute Gasteiger partial charge is 0.321 e. The van der Waals surface area contributed by atoms with E-state index in [1.807, 2.05) is 45.9 Å². The highest BCUT2D eigenvalue weighted by Crippen LogP contribution is 2.23. The van der Waals surface area contributed by atoms with Gasteiger partial charge in [0.2, 0.25) is 5.91 Å². The van der Waals surface area contributed by atoms with Crippen molar-refractivity contribution in [1.82, 2.24) is 10.2 Å². The van der Waals surface area contributed by atoms with Gasteiger partial charge < -0.3 is 20.3 Å². The summed E-state index contributed by atoms with van der Waals surface area (Å²) < 4.78 is 5.67. The molecular formula is C19H29N3O3. The first-order valence-electron chi connectivity index (χ1n) is 9.01. The van der Waals surface area contributed by atoms with Gasteiger partial charge in [0.1, 0.15) is 5.75 Å². The van der Waals surface area contributed by atoms with Crippen molar-refractivity contribution in [2.75, 3.05) is 18.4 Å². The summed E-state index contributed by atoms with van der Waals surface area (Å²) in [4.78, 5) is 25.9. The van der Waals surface area contributed by atoms with Crippen LogP contribution in [0.2, 0.25) is 0 Å². The fourth-order valence-electron chi connectivity index (χ4n) is 2.93. The number of urea groups is 1. The fraction of sp³-hybridized carbons (Fsp3) is 0.579. The number of aryl methyl sites for hydroxylation is 1. The van der Waals surface area contributed by atoms with Crippen LogP contribution in [0, 0.1) is 6.92 Å². The van der Waals surface area contributed by atoms with Crippen LogP contribution in [0.25, 0.3) is 0 Å². The van der Waals surface area contributed by atoms with Crippen LogP contribution in [-0.4, -0.2) is 42.1 Å². The van der Waals surface area contributed by atoms with E-state index in [2.05, 4.69) is 10.6 Å². The molecule has 2 N–H and O–H groups in total. The Bertz CT molecular complexity index is 616. The van der Waals surface area contributed by atoms with Crippen LogP contribution in [0.3, 0.4) is 0 Å². The molecule has 0 spiro atoms. The first kappa shape index (κ1) is 19.1. The van der Waals surface area contributed by atoms with E-state index in [0.717, 1.165) is 29.8 Å². The van der Waals surface area contributed by atoms with Gasteiger partial charge in [-0.2, -0.15) is 0 Å². The molecule has 0 saturated carbocycles. The summed E-state index contributed by atoms with van der Waals surface area (Å²) in [6.07, 6.45) is 2.38. The zero-order chi connectivity index (χ0) is 18.4. The Labute approximate surface area is 149 Å². The first-order chi connectivity index (χ1) is 11.9. The summed E-state index contributed by atoms with van der Waals surface area (Å²) in [5.41, 5.74) is 1.74. The van der Waals surface area contributed by atoms with E-state index >= 15 is 0 Å². The van der Waals surface area contributed by atoms with E-state index in [1.165, 1.54) is 0 Å². The van der Waals surface area contributed by atoms with Crippen LogP contribution in [-0.2, 0) is 4.79 Å². The predicted molar refractivity (Wildman–Crippen MR) is 99.0 cm³/mol. The minimum Gasteiger partial charge on any atom is -0.491 e. The second-order valence-electron chi connectivity index (χ2n) is 6.78. The maximum Gasteiger partial charge on any atom is 0.321 e. The number of carbonyl (C=O) groups excluding carboxylic acids is 2. The molecule has 1 fully saturated rings. The number of piperidine rings is 1. The van der Waals surface area contributed by atoms with Gasteiger partial charge in [0.15, 0.2) is 0 Å². The predicted octanol–water partition coefficient (Wildman–Crippen LogP) is 3.30. The van der Waals surface area contributed by atoms with Crippen LogP contribution < -0.4 is 15.4 Å². The molecule has 0 bridgehead atoms. The van der Waals surface area contributed by atoms with Gasteiger partial charge in [-0.15, -0.1) is 0 Å². The number of nitrogens with one attached hydrogen (secondary N) is 2. The lowest BCUT2D eigenvalue weighted by Gasteiger charge is -2.33. The van der Waals surface area contributed by atoms with Crippen molar-refractivity contribution in [2.45, 2.75) is 59.1 Å². The quantitative estimate of drug-likeness (QED) is 0.858. The third-order valence-electron chi connectivity index (χ3n) is 4.21. The molecule has 1 aliphatic heterocycles. The molecule has 1 aliphatic rings. The monoisotopic (exact) mass is 347 g/mol. The Hall–Kier alpha value is -2.24. The van der Waals surface area contributed by atoms with Gasteiger partial charge in [-0.3, -0.25) is 4.79 Å². The van der Waals surface area contributed by atoms with E-state index < -0.39 is 0 Å². The molecule has 1 atom stereocenters. The summed E-state index contributed by atoms with van der Waals surface area (Å²) in [7, 11) is 0. The fourth-order valence-corrected chi connectivity index (χ4v) is 2.93. The minimum absolute atomic E-state index is 0.0313. The van der Waals surface area contributed by atoms with Crippen molar-refractivity contribution in [3.05, 3.63) is 23.8 Å².